The minimum atomic E-state index is -4.04. The van der Waals surface area contributed by atoms with Crippen LogP contribution in [0.25, 0.3) is 0 Å². The molecular weight excluding hydrogens is 430 g/mol. The summed E-state index contributed by atoms with van der Waals surface area (Å²) in [5.74, 6) is -0.621. The van der Waals surface area contributed by atoms with Gasteiger partial charge in [0.1, 0.15) is 6.54 Å². The van der Waals surface area contributed by atoms with E-state index in [1.54, 1.807) is 36.4 Å². The van der Waals surface area contributed by atoms with E-state index < -0.39 is 27.4 Å². The predicted molar refractivity (Wildman–Crippen MR) is 123 cm³/mol. The highest BCUT2D eigenvalue weighted by Gasteiger charge is 2.27. The molecule has 3 rings (SSSR count). The van der Waals surface area contributed by atoms with E-state index in [9.17, 15) is 23.3 Å². The first kappa shape index (κ1) is 23.0. The fourth-order valence-electron chi connectivity index (χ4n) is 3.14. The van der Waals surface area contributed by atoms with Crippen LogP contribution in [0.15, 0.2) is 71.6 Å². The average molecular weight is 454 g/mol. The molecule has 8 nitrogen and oxygen atoms in total. The Hall–Kier alpha value is -3.72. The first-order chi connectivity index (χ1) is 15.1. The number of sulfonamides is 1. The summed E-state index contributed by atoms with van der Waals surface area (Å²) < 4.78 is 27.8. The third kappa shape index (κ3) is 4.94. The van der Waals surface area contributed by atoms with Crippen LogP contribution >= 0.6 is 0 Å². The van der Waals surface area contributed by atoms with E-state index in [1.165, 1.54) is 37.3 Å². The maximum absolute atomic E-state index is 13.4. The Morgan fingerprint density at radius 3 is 2.06 bits per heavy atom. The second-order valence-corrected chi connectivity index (χ2v) is 9.28. The molecule has 0 spiro atoms. The van der Waals surface area contributed by atoms with Gasteiger partial charge in [-0.2, -0.15) is 0 Å². The zero-order valence-electron chi connectivity index (χ0n) is 17.9. The first-order valence-electron chi connectivity index (χ1n) is 9.79. The molecule has 0 aliphatic rings. The first-order valence-corrected chi connectivity index (χ1v) is 11.2. The van der Waals surface area contributed by atoms with Crippen LogP contribution in [0.5, 0.6) is 0 Å². The Balaban J connectivity index is 1.95. The normalized spacial score (nSPS) is 11.1. The van der Waals surface area contributed by atoms with Crippen molar-refractivity contribution >= 4 is 33.0 Å². The number of hydrogen-bond donors (Lipinski definition) is 1. The molecule has 0 aliphatic heterocycles. The summed E-state index contributed by atoms with van der Waals surface area (Å²) in [5.41, 5.74) is 2.59. The van der Waals surface area contributed by atoms with Gasteiger partial charge in [-0.05, 0) is 51.1 Å². The summed E-state index contributed by atoms with van der Waals surface area (Å²) in [7, 11) is -4.04. The summed E-state index contributed by atoms with van der Waals surface area (Å²) in [6, 6.07) is 17.5. The van der Waals surface area contributed by atoms with Crippen LogP contribution in [0.2, 0.25) is 0 Å². The molecule has 0 saturated carbocycles. The van der Waals surface area contributed by atoms with Gasteiger partial charge in [-0.1, -0.05) is 41.5 Å². The van der Waals surface area contributed by atoms with Crippen molar-refractivity contribution < 1.29 is 18.1 Å². The van der Waals surface area contributed by atoms with Gasteiger partial charge >= 0.3 is 0 Å². The molecule has 0 saturated heterocycles. The van der Waals surface area contributed by atoms with Crippen molar-refractivity contribution in [3.63, 3.8) is 0 Å². The fraction of sp³-hybridized carbons (Fsp3) is 0.174. The molecule has 0 fully saturated rings. The number of nitro groups is 1. The number of nitrogens with zero attached hydrogens (tertiary/aromatic N) is 2. The molecule has 3 aromatic rings. The number of amides is 1. The predicted octanol–water partition coefficient (Wildman–Crippen LogP) is 4.35. The van der Waals surface area contributed by atoms with Crippen molar-refractivity contribution in [2.75, 3.05) is 16.2 Å². The number of hydrogen-bond acceptors (Lipinski definition) is 5. The number of nitrogens with one attached hydrogen (secondary N) is 1. The van der Waals surface area contributed by atoms with Gasteiger partial charge in [-0.3, -0.25) is 19.2 Å². The lowest BCUT2D eigenvalue weighted by atomic mass is 10.1. The van der Waals surface area contributed by atoms with E-state index in [2.05, 4.69) is 5.32 Å². The molecule has 1 amide bonds. The third-order valence-electron chi connectivity index (χ3n) is 4.99. The fourth-order valence-corrected chi connectivity index (χ4v) is 4.56. The molecule has 0 radical (unpaired) electrons. The number of benzene rings is 3. The minimum Gasteiger partial charge on any atom is -0.324 e. The van der Waals surface area contributed by atoms with Gasteiger partial charge in [0.2, 0.25) is 5.91 Å². The van der Waals surface area contributed by atoms with Crippen LogP contribution in [-0.4, -0.2) is 25.8 Å². The van der Waals surface area contributed by atoms with E-state index in [-0.39, 0.29) is 21.8 Å². The Morgan fingerprint density at radius 2 is 1.50 bits per heavy atom. The highest BCUT2D eigenvalue weighted by atomic mass is 32.2. The molecule has 9 heteroatoms. The van der Waals surface area contributed by atoms with E-state index in [0.29, 0.717) is 5.69 Å². The van der Waals surface area contributed by atoms with Crippen molar-refractivity contribution in [3.05, 3.63) is 93.5 Å². The van der Waals surface area contributed by atoms with E-state index >= 15 is 0 Å². The van der Waals surface area contributed by atoms with Crippen LogP contribution in [-0.2, 0) is 14.8 Å². The second kappa shape index (κ2) is 9.19. The van der Waals surface area contributed by atoms with E-state index in [1.807, 2.05) is 13.8 Å². The lowest BCUT2D eigenvalue weighted by Crippen LogP contribution is -2.38. The van der Waals surface area contributed by atoms with Gasteiger partial charge in [-0.25, -0.2) is 8.42 Å². The van der Waals surface area contributed by atoms with Crippen molar-refractivity contribution in [1.29, 1.82) is 0 Å². The van der Waals surface area contributed by atoms with Gasteiger partial charge in [0, 0.05) is 6.07 Å². The molecule has 166 valence electrons. The highest BCUT2D eigenvalue weighted by Crippen LogP contribution is 2.27. The molecule has 0 atom stereocenters. The number of nitro benzene ring substituents is 1. The molecule has 32 heavy (non-hydrogen) atoms. The largest absolute Gasteiger partial charge is 0.324 e. The van der Waals surface area contributed by atoms with Crippen molar-refractivity contribution in [2.24, 2.45) is 0 Å². The Labute approximate surface area is 186 Å². The SMILES string of the molecule is Cc1ccc(N(CC(=O)Nc2cccc([N+](=O)[O-])c2C)S(=O)(=O)c2ccc(C)cc2)cc1. The van der Waals surface area contributed by atoms with Crippen molar-refractivity contribution in [3.8, 4) is 0 Å². The Morgan fingerprint density at radius 1 is 0.938 bits per heavy atom. The van der Waals surface area contributed by atoms with Gasteiger partial charge in [0.25, 0.3) is 15.7 Å². The lowest BCUT2D eigenvalue weighted by molar-refractivity contribution is -0.385. The minimum absolute atomic E-state index is 0.0583. The van der Waals surface area contributed by atoms with Crippen LogP contribution in [0, 0.1) is 30.9 Å². The maximum Gasteiger partial charge on any atom is 0.274 e. The van der Waals surface area contributed by atoms with E-state index in [0.717, 1.165) is 15.4 Å². The Kier molecular flexibility index (Phi) is 6.59. The number of carbonyl (C=O) groups excluding carboxylic acids is 1. The summed E-state index contributed by atoms with van der Waals surface area (Å²) in [6.07, 6.45) is 0. The van der Waals surface area contributed by atoms with Gasteiger partial charge in [0.05, 0.1) is 26.8 Å². The van der Waals surface area contributed by atoms with Crippen LogP contribution < -0.4 is 9.62 Å². The molecule has 0 unspecified atom stereocenters. The van der Waals surface area contributed by atoms with Gasteiger partial charge < -0.3 is 5.32 Å². The molecule has 0 bridgehead atoms. The molecule has 0 aromatic heterocycles. The molecule has 0 aliphatic carbocycles. The van der Waals surface area contributed by atoms with Crippen molar-refractivity contribution in [1.82, 2.24) is 0 Å². The topological polar surface area (TPSA) is 110 Å². The quantitative estimate of drug-likeness (QED) is 0.422. The van der Waals surface area contributed by atoms with Gasteiger partial charge in [0.15, 0.2) is 0 Å². The number of anilines is 2. The third-order valence-corrected chi connectivity index (χ3v) is 6.78. The number of carbonyl (C=O) groups is 1. The smallest absolute Gasteiger partial charge is 0.274 e. The summed E-state index contributed by atoms with van der Waals surface area (Å²) >= 11 is 0. The van der Waals surface area contributed by atoms with Crippen LogP contribution in [0.3, 0.4) is 0 Å². The molecule has 3 aromatic carbocycles. The molecular formula is C23H23N3O5S. The van der Waals surface area contributed by atoms with Crippen LogP contribution in [0.1, 0.15) is 16.7 Å². The highest BCUT2D eigenvalue weighted by molar-refractivity contribution is 7.92. The number of rotatable bonds is 7. The van der Waals surface area contributed by atoms with Crippen molar-refractivity contribution in [2.45, 2.75) is 25.7 Å². The Bertz CT molecular complexity index is 1250. The van der Waals surface area contributed by atoms with Gasteiger partial charge in [-0.15, -0.1) is 0 Å². The van der Waals surface area contributed by atoms with E-state index in [4.69, 9.17) is 0 Å². The molecule has 0 heterocycles. The second-order valence-electron chi connectivity index (χ2n) is 7.42. The van der Waals surface area contributed by atoms with Crippen LogP contribution in [0.4, 0.5) is 17.1 Å². The standard InChI is InChI=1S/C23H23N3O5S/c1-16-7-11-19(12-8-16)25(32(30,31)20-13-9-17(2)10-14-20)15-23(27)24-21-5-4-6-22(18(21)3)26(28)29/h4-14H,15H2,1-3H3,(H,24,27). The maximum atomic E-state index is 13.4. The zero-order valence-corrected chi connectivity index (χ0v) is 18.7. The summed E-state index contributed by atoms with van der Waals surface area (Å²) in [6.45, 7) is 4.75. The zero-order chi connectivity index (χ0) is 23.5. The average Bonchev–Trinajstić information content (AvgIpc) is 2.74. The monoisotopic (exact) mass is 453 g/mol. The number of aryl methyl sites for hydroxylation is 2. The summed E-state index contributed by atoms with van der Waals surface area (Å²) in [5, 5.41) is 13.8. The molecule has 1 N–H and O–H groups in total. The lowest BCUT2D eigenvalue weighted by Gasteiger charge is -2.24. The summed E-state index contributed by atoms with van der Waals surface area (Å²) in [4.78, 5) is 23.5.